The molecule has 0 saturated carbocycles. The van der Waals surface area contributed by atoms with Gasteiger partial charge in [-0.15, -0.1) is 5.10 Å². The van der Waals surface area contributed by atoms with Gasteiger partial charge in [-0.2, -0.15) is 0 Å². The molecule has 0 aromatic carbocycles. The number of nitrogens with zero attached hydrogens (tertiary/aromatic N) is 3. The van der Waals surface area contributed by atoms with Gasteiger partial charge in [0.15, 0.2) is 0 Å². The maximum absolute atomic E-state index is 5.81. The van der Waals surface area contributed by atoms with Crippen molar-refractivity contribution in [3.05, 3.63) is 11.9 Å². The second-order valence-corrected chi connectivity index (χ2v) is 2.73. The van der Waals surface area contributed by atoms with Gasteiger partial charge in [0.2, 0.25) is 0 Å². The number of aromatic nitrogens is 3. The molecular weight excluding hydrogens is 170 g/mol. The highest BCUT2D eigenvalue weighted by atomic mass is 16.5. The smallest absolute Gasteiger partial charge is 0.0778 e. The van der Waals surface area contributed by atoms with Crippen LogP contribution in [0.15, 0.2) is 6.20 Å². The molecule has 1 aromatic heterocycles. The van der Waals surface area contributed by atoms with Gasteiger partial charge in [0.1, 0.15) is 0 Å². The van der Waals surface area contributed by atoms with E-state index in [0.29, 0.717) is 19.7 Å². The molecule has 0 fully saturated rings. The molecule has 0 radical (unpaired) electrons. The zero-order valence-corrected chi connectivity index (χ0v) is 7.68. The van der Waals surface area contributed by atoms with Crippen LogP contribution in [0, 0.1) is 0 Å². The minimum Gasteiger partial charge on any atom is -0.383 e. The fourth-order valence-corrected chi connectivity index (χ4v) is 1.11. The first kappa shape index (κ1) is 10.1. The zero-order valence-electron chi connectivity index (χ0n) is 7.68. The van der Waals surface area contributed by atoms with Gasteiger partial charge in [0, 0.05) is 13.7 Å². The van der Waals surface area contributed by atoms with Crippen LogP contribution in [0.2, 0.25) is 0 Å². The van der Waals surface area contributed by atoms with Crippen LogP contribution < -0.4 is 11.5 Å². The van der Waals surface area contributed by atoms with Crippen molar-refractivity contribution in [2.45, 2.75) is 12.6 Å². The molecule has 1 unspecified atom stereocenters. The van der Waals surface area contributed by atoms with Gasteiger partial charge in [-0.3, -0.25) is 0 Å². The summed E-state index contributed by atoms with van der Waals surface area (Å²) in [6, 6.07) is -0.188. The molecule has 6 heteroatoms. The van der Waals surface area contributed by atoms with E-state index in [4.69, 9.17) is 16.2 Å². The Hall–Kier alpha value is -0.980. The highest BCUT2D eigenvalue weighted by molar-refractivity contribution is 5.01. The quantitative estimate of drug-likeness (QED) is 0.606. The summed E-state index contributed by atoms with van der Waals surface area (Å²) in [6.07, 6.45) is 1.64. The van der Waals surface area contributed by atoms with Gasteiger partial charge < -0.3 is 16.2 Å². The largest absolute Gasteiger partial charge is 0.383 e. The standard InChI is InChI=1S/C7H15N5O/c1-13-5-6(9)7-4-10-11-12(7)3-2-8/h4,6H,2-3,5,8-9H2,1H3. The van der Waals surface area contributed by atoms with Gasteiger partial charge in [0.05, 0.1) is 31.1 Å². The molecule has 13 heavy (non-hydrogen) atoms. The van der Waals surface area contributed by atoms with Crippen LogP contribution in [-0.4, -0.2) is 35.3 Å². The fraction of sp³-hybridized carbons (Fsp3) is 0.714. The SMILES string of the molecule is COCC(N)c1cnnn1CCN. The molecule has 1 heterocycles. The molecule has 0 aliphatic rings. The van der Waals surface area contributed by atoms with Crippen LogP contribution in [0.4, 0.5) is 0 Å². The molecule has 0 aliphatic carbocycles. The zero-order chi connectivity index (χ0) is 9.68. The molecule has 1 atom stereocenters. The Morgan fingerprint density at radius 3 is 3.08 bits per heavy atom. The Balaban J connectivity index is 2.68. The van der Waals surface area contributed by atoms with E-state index < -0.39 is 0 Å². The second-order valence-electron chi connectivity index (χ2n) is 2.73. The number of hydrogen-bond acceptors (Lipinski definition) is 5. The summed E-state index contributed by atoms with van der Waals surface area (Å²) in [6.45, 7) is 1.61. The average molecular weight is 185 g/mol. The summed E-state index contributed by atoms with van der Waals surface area (Å²) >= 11 is 0. The number of nitrogens with two attached hydrogens (primary N) is 2. The Morgan fingerprint density at radius 2 is 2.46 bits per heavy atom. The predicted molar refractivity (Wildman–Crippen MR) is 47.9 cm³/mol. The van der Waals surface area contributed by atoms with Gasteiger partial charge in [0.25, 0.3) is 0 Å². The molecule has 0 saturated heterocycles. The molecule has 0 spiro atoms. The van der Waals surface area contributed by atoms with Crippen molar-refractivity contribution >= 4 is 0 Å². The molecule has 74 valence electrons. The summed E-state index contributed by atoms with van der Waals surface area (Å²) < 4.78 is 6.63. The van der Waals surface area contributed by atoms with Crippen molar-refractivity contribution in [1.82, 2.24) is 15.0 Å². The van der Waals surface area contributed by atoms with Gasteiger partial charge >= 0.3 is 0 Å². The third kappa shape index (κ3) is 2.48. The molecular formula is C7H15N5O. The van der Waals surface area contributed by atoms with Crippen molar-refractivity contribution in [2.24, 2.45) is 11.5 Å². The molecule has 0 aliphatic heterocycles. The van der Waals surface area contributed by atoms with Crippen LogP contribution in [0.3, 0.4) is 0 Å². The van der Waals surface area contributed by atoms with Gasteiger partial charge in [-0.1, -0.05) is 5.21 Å². The lowest BCUT2D eigenvalue weighted by molar-refractivity contribution is 0.177. The van der Waals surface area contributed by atoms with E-state index >= 15 is 0 Å². The first-order chi connectivity index (χ1) is 6.29. The van der Waals surface area contributed by atoms with Crippen LogP contribution in [0.25, 0.3) is 0 Å². The number of ether oxygens (including phenoxy) is 1. The van der Waals surface area contributed by atoms with Gasteiger partial charge in [-0.25, -0.2) is 4.68 Å². The lowest BCUT2D eigenvalue weighted by atomic mass is 10.2. The first-order valence-corrected chi connectivity index (χ1v) is 4.12. The fourth-order valence-electron chi connectivity index (χ4n) is 1.11. The second kappa shape index (κ2) is 4.90. The van der Waals surface area contributed by atoms with E-state index in [9.17, 15) is 0 Å². The van der Waals surface area contributed by atoms with E-state index in [1.165, 1.54) is 0 Å². The minimum atomic E-state index is -0.188. The van der Waals surface area contributed by atoms with Crippen LogP contribution in [0.1, 0.15) is 11.7 Å². The number of hydrogen-bond donors (Lipinski definition) is 2. The predicted octanol–water partition coefficient (Wildman–Crippen LogP) is -1.12. The Labute approximate surface area is 76.8 Å². The lowest BCUT2D eigenvalue weighted by Gasteiger charge is -2.11. The molecule has 6 nitrogen and oxygen atoms in total. The minimum absolute atomic E-state index is 0.188. The van der Waals surface area contributed by atoms with E-state index in [1.54, 1.807) is 18.0 Å². The Kier molecular flexibility index (Phi) is 3.81. The highest BCUT2D eigenvalue weighted by Gasteiger charge is 2.11. The third-order valence-corrected chi connectivity index (χ3v) is 1.71. The van der Waals surface area contributed by atoms with E-state index in [-0.39, 0.29) is 6.04 Å². The van der Waals surface area contributed by atoms with Crippen molar-refractivity contribution < 1.29 is 4.74 Å². The first-order valence-electron chi connectivity index (χ1n) is 4.12. The molecule has 0 amide bonds. The van der Waals surface area contributed by atoms with Crippen molar-refractivity contribution in [3.8, 4) is 0 Å². The van der Waals surface area contributed by atoms with Crippen LogP contribution in [-0.2, 0) is 11.3 Å². The maximum atomic E-state index is 5.81. The number of rotatable bonds is 5. The molecule has 1 aromatic rings. The van der Waals surface area contributed by atoms with Crippen LogP contribution in [0.5, 0.6) is 0 Å². The number of methoxy groups -OCH3 is 1. The molecule has 4 N–H and O–H groups in total. The summed E-state index contributed by atoms with van der Waals surface area (Å²) in [4.78, 5) is 0. The maximum Gasteiger partial charge on any atom is 0.0778 e. The van der Waals surface area contributed by atoms with Crippen LogP contribution >= 0.6 is 0 Å². The van der Waals surface area contributed by atoms with E-state index in [1.807, 2.05) is 0 Å². The van der Waals surface area contributed by atoms with Crippen molar-refractivity contribution in [2.75, 3.05) is 20.3 Å². The van der Waals surface area contributed by atoms with Gasteiger partial charge in [-0.05, 0) is 0 Å². The van der Waals surface area contributed by atoms with Crippen molar-refractivity contribution in [3.63, 3.8) is 0 Å². The Morgan fingerprint density at radius 1 is 1.69 bits per heavy atom. The highest BCUT2D eigenvalue weighted by Crippen LogP contribution is 2.07. The lowest BCUT2D eigenvalue weighted by Crippen LogP contribution is -2.22. The Bertz CT molecular complexity index is 249. The normalized spacial score (nSPS) is 13.2. The summed E-state index contributed by atoms with van der Waals surface area (Å²) in [5, 5.41) is 7.63. The average Bonchev–Trinajstić information content (AvgIpc) is 2.54. The van der Waals surface area contributed by atoms with E-state index in [0.717, 1.165) is 5.69 Å². The summed E-state index contributed by atoms with van der Waals surface area (Å²) in [5.74, 6) is 0. The summed E-state index contributed by atoms with van der Waals surface area (Å²) in [5.41, 5.74) is 12.1. The van der Waals surface area contributed by atoms with Crippen molar-refractivity contribution in [1.29, 1.82) is 0 Å². The van der Waals surface area contributed by atoms with E-state index in [2.05, 4.69) is 10.3 Å². The summed E-state index contributed by atoms with van der Waals surface area (Å²) in [7, 11) is 1.61. The monoisotopic (exact) mass is 185 g/mol. The third-order valence-electron chi connectivity index (χ3n) is 1.71. The topological polar surface area (TPSA) is 92.0 Å². The molecule has 0 bridgehead atoms. The molecule has 1 rings (SSSR count).